The third-order valence-electron chi connectivity index (χ3n) is 3.98. The summed E-state index contributed by atoms with van der Waals surface area (Å²) < 4.78 is 12.9. The number of nitrogens with zero attached hydrogens (tertiary/aromatic N) is 3. The van der Waals surface area contributed by atoms with Crippen molar-refractivity contribution in [3.63, 3.8) is 0 Å². The van der Waals surface area contributed by atoms with E-state index in [4.69, 9.17) is 9.15 Å². The number of rotatable bonds is 5. The van der Waals surface area contributed by atoms with Gasteiger partial charge in [-0.15, -0.1) is 0 Å². The number of hydrogen-bond acceptors (Lipinski definition) is 5. The highest BCUT2D eigenvalue weighted by molar-refractivity contribution is 7.98. The minimum atomic E-state index is 0.614. The Kier molecular flexibility index (Phi) is 4.19. The summed E-state index contributed by atoms with van der Waals surface area (Å²) in [5, 5.41) is 0.968. The van der Waals surface area contributed by atoms with Crippen LogP contribution in [0.2, 0.25) is 0 Å². The van der Waals surface area contributed by atoms with Gasteiger partial charge in [0, 0.05) is 18.4 Å². The highest BCUT2D eigenvalue weighted by Crippen LogP contribution is 2.27. The van der Waals surface area contributed by atoms with Gasteiger partial charge in [-0.3, -0.25) is 0 Å². The summed E-state index contributed by atoms with van der Waals surface area (Å²) in [6, 6.07) is 15.8. The summed E-state index contributed by atoms with van der Waals surface area (Å²) >= 11 is 1.65. The Bertz CT molecular complexity index is 1010. The van der Waals surface area contributed by atoms with Crippen LogP contribution in [-0.4, -0.2) is 21.6 Å². The third kappa shape index (κ3) is 3.13. The van der Waals surface area contributed by atoms with Crippen LogP contribution in [0, 0.1) is 0 Å². The molecule has 0 radical (unpaired) electrons. The fraction of sp³-hybridized carbons (Fsp3) is 0.158. The normalized spacial score (nSPS) is 11.1. The van der Waals surface area contributed by atoms with Crippen LogP contribution in [0.3, 0.4) is 0 Å². The highest BCUT2D eigenvalue weighted by atomic mass is 32.2. The van der Waals surface area contributed by atoms with Crippen molar-refractivity contribution >= 4 is 22.8 Å². The Labute approximate surface area is 149 Å². The Morgan fingerprint density at radius 2 is 1.88 bits per heavy atom. The number of imidazole rings is 1. The van der Waals surface area contributed by atoms with Crippen molar-refractivity contribution in [3.05, 3.63) is 60.5 Å². The van der Waals surface area contributed by atoms with Gasteiger partial charge in [-0.05, 0) is 36.4 Å². The van der Waals surface area contributed by atoms with E-state index in [1.807, 2.05) is 49.5 Å². The molecule has 0 atom stereocenters. The number of para-hydroxylation sites is 2. The van der Waals surface area contributed by atoms with E-state index in [9.17, 15) is 0 Å². The largest absolute Gasteiger partial charge is 0.497 e. The SMILES string of the molecule is COc1ccc(-c2nc(CSc3nc4ccccc4n3C)co2)cc1. The van der Waals surface area contributed by atoms with Gasteiger partial charge in [-0.1, -0.05) is 23.9 Å². The van der Waals surface area contributed by atoms with Gasteiger partial charge in [0.25, 0.3) is 0 Å². The lowest BCUT2D eigenvalue weighted by Crippen LogP contribution is -1.91. The number of benzene rings is 2. The van der Waals surface area contributed by atoms with Crippen LogP contribution in [-0.2, 0) is 12.8 Å². The van der Waals surface area contributed by atoms with E-state index in [2.05, 4.69) is 20.6 Å². The first-order valence-electron chi connectivity index (χ1n) is 7.87. The first-order valence-corrected chi connectivity index (χ1v) is 8.86. The van der Waals surface area contributed by atoms with E-state index in [0.29, 0.717) is 11.6 Å². The van der Waals surface area contributed by atoms with Gasteiger partial charge < -0.3 is 13.7 Å². The zero-order chi connectivity index (χ0) is 17.2. The van der Waals surface area contributed by atoms with E-state index in [1.165, 1.54) is 0 Å². The first-order chi connectivity index (χ1) is 12.2. The summed E-state index contributed by atoms with van der Waals surface area (Å²) in [6.07, 6.45) is 1.70. The monoisotopic (exact) mass is 351 g/mol. The number of fused-ring (bicyclic) bond motifs is 1. The van der Waals surface area contributed by atoms with Crippen LogP contribution in [0.15, 0.2) is 64.4 Å². The molecule has 0 bridgehead atoms. The molecule has 5 nitrogen and oxygen atoms in total. The smallest absolute Gasteiger partial charge is 0.226 e. The molecule has 0 fully saturated rings. The van der Waals surface area contributed by atoms with Gasteiger partial charge in [0.1, 0.15) is 12.0 Å². The van der Waals surface area contributed by atoms with E-state index in [1.54, 1.807) is 25.1 Å². The molecule has 0 unspecified atom stereocenters. The van der Waals surface area contributed by atoms with Crippen LogP contribution >= 0.6 is 11.8 Å². The molecular weight excluding hydrogens is 334 g/mol. The lowest BCUT2D eigenvalue weighted by atomic mass is 10.2. The maximum Gasteiger partial charge on any atom is 0.226 e. The van der Waals surface area contributed by atoms with Crippen LogP contribution in [0.1, 0.15) is 5.69 Å². The summed E-state index contributed by atoms with van der Waals surface area (Å²) in [6.45, 7) is 0. The molecule has 0 saturated carbocycles. The van der Waals surface area contributed by atoms with Gasteiger partial charge in [-0.2, -0.15) is 0 Å². The molecule has 0 aliphatic carbocycles. The minimum absolute atomic E-state index is 0.614. The van der Waals surface area contributed by atoms with Crippen LogP contribution in [0.5, 0.6) is 5.75 Å². The number of thioether (sulfide) groups is 1. The minimum Gasteiger partial charge on any atom is -0.497 e. The molecule has 0 amide bonds. The first kappa shape index (κ1) is 15.8. The molecule has 25 heavy (non-hydrogen) atoms. The van der Waals surface area contributed by atoms with Gasteiger partial charge >= 0.3 is 0 Å². The Morgan fingerprint density at radius 1 is 1.08 bits per heavy atom. The standard InChI is InChI=1S/C19H17N3O2S/c1-22-17-6-4-3-5-16(17)21-19(22)25-12-14-11-24-18(20-14)13-7-9-15(23-2)10-8-13/h3-11H,12H2,1-2H3. The Morgan fingerprint density at radius 3 is 2.64 bits per heavy atom. The average Bonchev–Trinajstić information content (AvgIpc) is 3.25. The number of aromatic nitrogens is 3. The molecule has 126 valence electrons. The summed E-state index contributed by atoms with van der Waals surface area (Å²) in [5.74, 6) is 2.13. The Hall–Kier alpha value is -2.73. The maximum absolute atomic E-state index is 5.61. The lowest BCUT2D eigenvalue weighted by Gasteiger charge is -2.00. The number of aryl methyl sites for hydroxylation is 1. The molecule has 4 aromatic rings. The quantitative estimate of drug-likeness (QED) is 0.495. The molecule has 4 rings (SSSR count). The molecule has 0 aliphatic heterocycles. The molecule has 6 heteroatoms. The lowest BCUT2D eigenvalue weighted by molar-refractivity contribution is 0.415. The fourth-order valence-corrected chi connectivity index (χ4v) is 3.49. The molecule has 2 heterocycles. The number of methoxy groups -OCH3 is 1. The number of oxazole rings is 1. The zero-order valence-electron chi connectivity index (χ0n) is 14.0. The number of hydrogen-bond donors (Lipinski definition) is 0. The van der Waals surface area contributed by atoms with Crippen molar-refractivity contribution in [3.8, 4) is 17.2 Å². The second-order valence-corrected chi connectivity index (χ2v) is 6.55. The van der Waals surface area contributed by atoms with Crippen molar-refractivity contribution in [2.45, 2.75) is 10.9 Å². The maximum atomic E-state index is 5.61. The second kappa shape index (κ2) is 6.64. The molecule has 0 aliphatic rings. The summed E-state index contributed by atoms with van der Waals surface area (Å²) in [4.78, 5) is 9.23. The Balaban J connectivity index is 1.49. The van der Waals surface area contributed by atoms with Crippen molar-refractivity contribution in [1.29, 1.82) is 0 Å². The van der Waals surface area contributed by atoms with Gasteiger partial charge in [0.15, 0.2) is 5.16 Å². The van der Waals surface area contributed by atoms with Crippen molar-refractivity contribution in [2.24, 2.45) is 7.05 Å². The van der Waals surface area contributed by atoms with E-state index in [0.717, 1.165) is 33.2 Å². The zero-order valence-corrected chi connectivity index (χ0v) is 14.8. The second-order valence-electron chi connectivity index (χ2n) is 5.60. The van der Waals surface area contributed by atoms with Crippen LogP contribution < -0.4 is 4.74 Å². The predicted molar refractivity (Wildman–Crippen MR) is 98.8 cm³/mol. The van der Waals surface area contributed by atoms with Crippen LogP contribution in [0.25, 0.3) is 22.5 Å². The van der Waals surface area contributed by atoms with Crippen LogP contribution in [0.4, 0.5) is 0 Å². The molecule has 0 spiro atoms. The fourth-order valence-electron chi connectivity index (χ4n) is 2.63. The molecule has 0 saturated heterocycles. The third-order valence-corrected chi connectivity index (χ3v) is 5.05. The predicted octanol–water partition coefficient (Wildman–Crippen LogP) is 4.53. The summed E-state index contributed by atoms with van der Waals surface area (Å²) in [5.41, 5.74) is 3.96. The summed E-state index contributed by atoms with van der Waals surface area (Å²) in [7, 11) is 3.68. The molecule has 2 aromatic heterocycles. The van der Waals surface area contributed by atoms with Crippen molar-refractivity contribution in [2.75, 3.05) is 7.11 Å². The van der Waals surface area contributed by atoms with Crippen molar-refractivity contribution in [1.82, 2.24) is 14.5 Å². The van der Waals surface area contributed by atoms with Gasteiger partial charge in [0.2, 0.25) is 5.89 Å². The molecule has 0 N–H and O–H groups in total. The molecule has 2 aromatic carbocycles. The number of ether oxygens (including phenoxy) is 1. The van der Waals surface area contributed by atoms with Gasteiger partial charge in [0.05, 0.1) is 23.8 Å². The van der Waals surface area contributed by atoms with Crippen molar-refractivity contribution < 1.29 is 9.15 Å². The van der Waals surface area contributed by atoms with E-state index in [-0.39, 0.29) is 0 Å². The van der Waals surface area contributed by atoms with Gasteiger partial charge in [-0.25, -0.2) is 9.97 Å². The molecular formula is C19H17N3O2S. The van der Waals surface area contributed by atoms with E-state index >= 15 is 0 Å². The average molecular weight is 351 g/mol. The topological polar surface area (TPSA) is 53.1 Å². The van der Waals surface area contributed by atoms with E-state index < -0.39 is 0 Å². The highest BCUT2D eigenvalue weighted by Gasteiger charge is 2.11.